The topological polar surface area (TPSA) is 76.4 Å². The third-order valence-electron chi connectivity index (χ3n) is 2.41. The van der Waals surface area contributed by atoms with Crippen molar-refractivity contribution in [2.75, 3.05) is 19.8 Å². The molecule has 6 heteroatoms. The Balaban J connectivity index is 2.03. The second kappa shape index (κ2) is 4.98. The number of carbonyl (C=O) groups is 1. The van der Waals surface area contributed by atoms with E-state index in [0.717, 1.165) is 13.0 Å². The number of nitrogens with zero attached hydrogens (tertiary/aromatic N) is 2. The summed E-state index contributed by atoms with van der Waals surface area (Å²) in [7, 11) is 0. The Morgan fingerprint density at radius 1 is 1.69 bits per heavy atom. The van der Waals surface area contributed by atoms with Gasteiger partial charge in [-0.3, -0.25) is 4.79 Å². The average Bonchev–Trinajstić information content (AvgIpc) is 2.73. The van der Waals surface area contributed by atoms with Gasteiger partial charge in [0.15, 0.2) is 0 Å². The van der Waals surface area contributed by atoms with Gasteiger partial charge in [0.2, 0.25) is 5.88 Å². The van der Waals surface area contributed by atoms with E-state index in [2.05, 4.69) is 10.4 Å². The van der Waals surface area contributed by atoms with Crippen LogP contribution in [0.5, 0.6) is 5.88 Å². The molecule has 88 valence electrons. The van der Waals surface area contributed by atoms with Gasteiger partial charge in [0, 0.05) is 26.1 Å². The van der Waals surface area contributed by atoms with Gasteiger partial charge in [-0.25, -0.2) is 4.68 Å². The van der Waals surface area contributed by atoms with Crippen molar-refractivity contribution in [3.8, 4) is 5.88 Å². The number of nitrogens with one attached hydrogen (secondary N) is 1. The lowest BCUT2D eigenvalue weighted by atomic mass is 10.3. The van der Waals surface area contributed by atoms with Gasteiger partial charge in [-0.05, 0) is 6.42 Å². The van der Waals surface area contributed by atoms with Gasteiger partial charge < -0.3 is 15.2 Å². The first-order chi connectivity index (χ1) is 7.83. The molecule has 16 heavy (non-hydrogen) atoms. The van der Waals surface area contributed by atoms with E-state index in [1.165, 1.54) is 6.20 Å². The van der Waals surface area contributed by atoms with Gasteiger partial charge in [0.05, 0.1) is 12.8 Å². The molecule has 0 bridgehead atoms. The molecule has 0 unspecified atom stereocenters. The molecule has 0 saturated carbocycles. The van der Waals surface area contributed by atoms with Gasteiger partial charge in [-0.2, -0.15) is 5.10 Å². The van der Waals surface area contributed by atoms with E-state index in [-0.39, 0.29) is 12.5 Å². The molecule has 0 saturated heterocycles. The van der Waals surface area contributed by atoms with Gasteiger partial charge in [-0.1, -0.05) is 0 Å². The third-order valence-corrected chi connectivity index (χ3v) is 2.41. The van der Waals surface area contributed by atoms with Crippen LogP contribution in [-0.2, 0) is 6.54 Å². The highest BCUT2D eigenvalue weighted by Crippen LogP contribution is 2.21. The normalized spacial score (nSPS) is 14.1. The van der Waals surface area contributed by atoms with Crippen LogP contribution in [0.2, 0.25) is 0 Å². The van der Waals surface area contributed by atoms with E-state index in [0.29, 0.717) is 31.0 Å². The Morgan fingerprint density at radius 3 is 3.38 bits per heavy atom. The Hall–Kier alpha value is -1.56. The number of aryl methyl sites for hydroxylation is 1. The van der Waals surface area contributed by atoms with Gasteiger partial charge in [0.25, 0.3) is 5.91 Å². The number of rotatable bonds is 4. The van der Waals surface area contributed by atoms with E-state index in [4.69, 9.17) is 9.84 Å². The average molecular weight is 225 g/mol. The maximum absolute atomic E-state index is 11.7. The summed E-state index contributed by atoms with van der Waals surface area (Å²) in [5, 5.41) is 15.4. The Kier molecular flexibility index (Phi) is 3.40. The summed E-state index contributed by atoms with van der Waals surface area (Å²) < 4.78 is 7.11. The van der Waals surface area contributed by atoms with Crippen molar-refractivity contribution in [2.24, 2.45) is 0 Å². The smallest absolute Gasteiger partial charge is 0.258 e. The molecule has 2 heterocycles. The maximum Gasteiger partial charge on any atom is 0.258 e. The summed E-state index contributed by atoms with van der Waals surface area (Å²) in [5.41, 5.74) is 0.470. The SMILES string of the molecule is O=C(NCCCO)c1cnn2c1OCCC2. The van der Waals surface area contributed by atoms with Crippen molar-refractivity contribution in [3.05, 3.63) is 11.8 Å². The minimum Gasteiger partial charge on any atom is -0.477 e. The molecule has 1 amide bonds. The van der Waals surface area contributed by atoms with Gasteiger partial charge >= 0.3 is 0 Å². The summed E-state index contributed by atoms with van der Waals surface area (Å²) in [6.45, 7) is 1.95. The molecule has 0 spiro atoms. The highest BCUT2D eigenvalue weighted by Gasteiger charge is 2.20. The van der Waals surface area contributed by atoms with Crippen LogP contribution >= 0.6 is 0 Å². The lowest BCUT2D eigenvalue weighted by molar-refractivity contribution is 0.0944. The van der Waals surface area contributed by atoms with Crippen LogP contribution in [-0.4, -0.2) is 40.6 Å². The lowest BCUT2D eigenvalue weighted by Gasteiger charge is -2.15. The van der Waals surface area contributed by atoms with E-state index < -0.39 is 0 Å². The third kappa shape index (κ3) is 2.16. The van der Waals surface area contributed by atoms with Crippen LogP contribution < -0.4 is 10.1 Å². The Bertz CT molecular complexity index is 375. The summed E-state index contributed by atoms with van der Waals surface area (Å²) in [6.07, 6.45) is 2.99. The molecule has 0 fully saturated rings. The molecule has 0 radical (unpaired) electrons. The zero-order valence-electron chi connectivity index (χ0n) is 8.98. The number of carbonyl (C=O) groups excluding carboxylic acids is 1. The van der Waals surface area contributed by atoms with Crippen molar-refractivity contribution in [1.82, 2.24) is 15.1 Å². The highest BCUT2D eigenvalue weighted by molar-refractivity contribution is 5.96. The molecular weight excluding hydrogens is 210 g/mol. The fourth-order valence-corrected chi connectivity index (χ4v) is 1.60. The van der Waals surface area contributed by atoms with Crippen molar-refractivity contribution in [2.45, 2.75) is 19.4 Å². The number of aromatic nitrogens is 2. The molecule has 2 rings (SSSR count). The minimum atomic E-state index is -0.198. The van der Waals surface area contributed by atoms with Crippen molar-refractivity contribution < 1.29 is 14.6 Å². The van der Waals surface area contributed by atoms with Crippen molar-refractivity contribution in [3.63, 3.8) is 0 Å². The summed E-state index contributed by atoms with van der Waals surface area (Å²) in [4.78, 5) is 11.7. The quantitative estimate of drug-likeness (QED) is 0.694. The number of aliphatic hydroxyl groups is 1. The summed E-state index contributed by atoms with van der Waals surface area (Å²) >= 11 is 0. The minimum absolute atomic E-state index is 0.0723. The molecule has 6 nitrogen and oxygen atoms in total. The van der Waals surface area contributed by atoms with E-state index in [1.807, 2.05) is 0 Å². The predicted molar refractivity (Wildman–Crippen MR) is 56.4 cm³/mol. The molecule has 1 aromatic rings. The first kappa shape index (κ1) is 10.9. The number of fused-ring (bicyclic) bond motifs is 1. The van der Waals surface area contributed by atoms with Crippen molar-refractivity contribution in [1.29, 1.82) is 0 Å². The van der Waals surface area contributed by atoms with Gasteiger partial charge in [-0.15, -0.1) is 0 Å². The fourth-order valence-electron chi connectivity index (χ4n) is 1.60. The fraction of sp³-hybridized carbons (Fsp3) is 0.600. The molecule has 1 aromatic heterocycles. The number of hydrogen-bond acceptors (Lipinski definition) is 4. The van der Waals surface area contributed by atoms with E-state index in [9.17, 15) is 4.79 Å². The van der Waals surface area contributed by atoms with Crippen LogP contribution in [0.25, 0.3) is 0 Å². The number of ether oxygens (including phenoxy) is 1. The molecule has 1 aliphatic heterocycles. The largest absolute Gasteiger partial charge is 0.477 e. The maximum atomic E-state index is 11.7. The van der Waals surface area contributed by atoms with Crippen LogP contribution in [0.4, 0.5) is 0 Å². The number of aliphatic hydroxyl groups excluding tert-OH is 1. The van der Waals surface area contributed by atoms with Crippen LogP contribution in [0.15, 0.2) is 6.20 Å². The Morgan fingerprint density at radius 2 is 2.56 bits per heavy atom. The number of hydrogen-bond donors (Lipinski definition) is 2. The van der Waals surface area contributed by atoms with Gasteiger partial charge in [0.1, 0.15) is 5.56 Å². The lowest BCUT2D eigenvalue weighted by Crippen LogP contribution is -2.26. The molecule has 0 aliphatic carbocycles. The molecule has 1 aliphatic rings. The Labute approximate surface area is 93.2 Å². The van der Waals surface area contributed by atoms with E-state index >= 15 is 0 Å². The zero-order chi connectivity index (χ0) is 11.4. The summed E-state index contributed by atoms with van der Waals surface area (Å²) in [6, 6.07) is 0. The molecule has 0 atom stereocenters. The standard InChI is InChI=1S/C10H15N3O3/c14-5-1-3-11-9(15)8-7-12-13-4-2-6-16-10(8)13/h7,14H,1-6H2,(H,11,15). The second-order valence-corrected chi connectivity index (χ2v) is 3.62. The number of amides is 1. The summed E-state index contributed by atoms with van der Waals surface area (Å²) in [5.74, 6) is 0.351. The molecule has 0 aromatic carbocycles. The zero-order valence-corrected chi connectivity index (χ0v) is 8.98. The molecule has 2 N–H and O–H groups in total. The highest BCUT2D eigenvalue weighted by atomic mass is 16.5. The van der Waals surface area contributed by atoms with Crippen LogP contribution in [0, 0.1) is 0 Å². The van der Waals surface area contributed by atoms with Crippen LogP contribution in [0.1, 0.15) is 23.2 Å². The molecular formula is C10H15N3O3. The monoisotopic (exact) mass is 225 g/mol. The van der Waals surface area contributed by atoms with Crippen LogP contribution in [0.3, 0.4) is 0 Å². The first-order valence-corrected chi connectivity index (χ1v) is 5.40. The van der Waals surface area contributed by atoms with E-state index in [1.54, 1.807) is 4.68 Å². The predicted octanol–water partition coefficient (Wildman–Crippen LogP) is -0.222. The first-order valence-electron chi connectivity index (χ1n) is 5.40. The second-order valence-electron chi connectivity index (χ2n) is 3.62. The van der Waals surface area contributed by atoms with Crippen molar-refractivity contribution >= 4 is 5.91 Å².